The van der Waals surface area contributed by atoms with E-state index >= 15 is 0 Å². The number of amides is 1. The van der Waals surface area contributed by atoms with Crippen molar-refractivity contribution in [1.82, 2.24) is 25.1 Å². The number of hydrogen-bond acceptors (Lipinski definition) is 6. The first kappa shape index (κ1) is 25.1. The van der Waals surface area contributed by atoms with Crippen molar-refractivity contribution < 1.29 is 18.3 Å². The van der Waals surface area contributed by atoms with Crippen LogP contribution in [0.4, 0.5) is 20.4 Å². The van der Waals surface area contributed by atoms with E-state index in [-0.39, 0.29) is 18.5 Å². The molecule has 0 atom stereocenters. The Labute approximate surface area is 211 Å². The fourth-order valence-corrected chi connectivity index (χ4v) is 3.63. The number of benzene rings is 2. The largest absolute Gasteiger partial charge is 0.495 e. The number of hydrogen-bond donors (Lipinski definition) is 2. The summed E-state index contributed by atoms with van der Waals surface area (Å²) in [5.41, 5.74) is 2.39. The number of nitrogens with one attached hydrogen (secondary N) is 2. The van der Waals surface area contributed by atoms with Gasteiger partial charge in [-0.05, 0) is 49.7 Å². The van der Waals surface area contributed by atoms with Gasteiger partial charge in [-0.25, -0.2) is 18.7 Å². The van der Waals surface area contributed by atoms with E-state index in [0.29, 0.717) is 33.3 Å². The van der Waals surface area contributed by atoms with Gasteiger partial charge in [-0.15, -0.1) is 0 Å². The molecule has 2 heterocycles. The van der Waals surface area contributed by atoms with Crippen LogP contribution in [0.25, 0.3) is 11.3 Å². The van der Waals surface area contributed by atoms with E-state index in [1.807, 2.05) is 20.0 Å². The fraction of sp³-hybridized carbons (Fsp3) is 0.200. The summed E-state index contributed by atoms with van der Waals surface area (Å²) in [5.74, 6) is -1.21. The molecule has 4 aromatic rings. The predicted octanol–water partition coefficient (Wildman–Crippen LogP) is 5.53. The number of ether oxygens (including phenoxy) is 1. The van der Waals surface area contributed by atoms with Crippen molar-refractivity contribution in [3.8, 4) is 17.0 Å². The third kappa shape index (κ3) is 5.77. The molecule has 0 unspecified atom stereocenters. The van der Waals surface area contributed by atoms with E-state index in [1.165, 1.54) is 19.4 Å². The number of nitrogens with zero attached hydrogens (tertiary/aromatic N) is 4. The van der Waals surface area contributed by atoms with Gasteiger partial charge in [-0.1, -0.05) is 11.6 Å². The standard InChI is InChI=1S/C25H23ClF2N6O2/c1-14(2)34-13-17(11-31-34)23-20(26)12-30-25(33-23)32-21-5-4-16(8-22(21)36-3)24(35)29-10-15-6-18(27)9-19(28)7-15/h4-9,11-14H,10H2,1-3H3,(H,29,35)(H,30,32,33). The van der Waals surface area contributed by atoms with E-state index in [1.54, 1.807) is 23.0 Å². The zero-order valence-corrected chi connectivity index (χ0v) is 20.5. The summed E-state index contributed by atoms with van der Waals surface area (Å²) < 4.78 is 34.0. The number of aromatic nitrogens is 4. The molecule has 2 aromatic carbocycles. The molecule has 0 radical (unpaired) electrons. The second-order valence-corrected chi connectivity index (χ2v) is 8.60. The molecule has 2 N–H and O–H groups in total. The van der Waals surface area contributed by atoms with Crippen molar-refractivity contribution in [2.24, 2.45) is 0 Å². The molecule has 0 fully saturated rings. The quantitative estimate of drug-likeness (QED) is 0.322. The van der Waals surface area contributed by atoms with Gasteiger partial charge in [0.2, 0.25) is 5.95 Å². The highest BCUT2D eigenvalue weighted by atomic mass is 35.5. The second-order valence-electron chi connectivity index (χ2n) is 8.19. The van der Waals surface area contributed by atoms with Crippen LogP contribution in [0.3, 0.4) is 0 Å². The molecule has 4 rings (SSSR count). The summed E-state index contributed by atoms with van der Waals surface area (Å²) >= 11 is 6.33. The van der Waals surface area contributed by atoms with Crippen LogP contribution in [0.5, 0.6) is 5.75 Å². The Balaban J connectivity index is 1.51. The molecular formula is C25H23ClF2N6O2. The second kappa shape index (κ2) is 10.7. The molecule has 36 heavy (non-hydrogen) atoms. The van der Waals surface area contributed by atoms with Crippen LogP contribution >= 0.6 is 11.6 Å². The Morgan fingerprint density at radius 3 is 2.56 bits per heavy atom. The minimum atomic E-state index is -0.710. The number of carbonyl (C=O) groups excluding carboxylic acids is 1. The molecule has 0 aliphatic heterocycles. The number of halogens is 3. The van der Waals surface area contributed by atoms with E-state index in [9.17, 15) is 13.6 Å². The maximum absolute atomic E-state index is 13.4. The van der Waals surface area contributed by atoms with Gasteiger partial charge in [0.15, 0.2) is 0 Å². The minimum Gasteiger partial charge on any atom is -0.495 e. The lowest BCUT2D eigenvalue weighted by Crippen LogP contribution is -2.23. The van der Waals surface area contributed by atoms with Crippen LogP contribution in [0.1, 0.15) is 35.8 Å². The van der Waals surface area contributed by atoms with Crippen molar-refractivity contribution in [3.63, 3.8) is 0 Å². The normalized spacial score (nSPS) is 11.0. The molecule has 0 bridgehead atoms. The van der Waals surface area contributed by atoms with Crippen molar-refractivity contribution in [3.05, 3.63) is 82.8 Å². The minimum absolute atomic E-state index is 0.0371. The van der Waals surface area contributed by atoms with Crippen LogP contribution in [0.15, 0.2) is 55.0 Å². The summed E-state index contributed by atoms with van der Waals surface area (Å²) in [7, 11) is 1.46. The Morgan fingerprint density at radius 1 is 1.14 bits per heavy atom. The van der Waals surface area contributed by atoms with Gasteiger partial charge >= 0.3 is 0 Å². The monoisotopic (exact) mass is 512 g/mol. The first-order chi connectivity index (χ1) is 17.2. The number of rotatable bonds is 8. The number of anilines is 2. The Hall–Kier alpha value is -4.05. The maximum atomic E-state index is 13.4. The highest BCUT2D eigenvalue weighted by molar-refractivity contribution is 6.32. The molecule has 0 saturated heterocycles. The van der Waals surface area contributed by atoms with E-state index in [2.05, 4.69) is 25.7 Å². The number of carbonyl (C=O) groups is 1. The third-order valence-electron chi connectivity index (χ3n) is 5.23. The van der Waals surface area contributed by atoms with Crippen LogP contribution < -0.4 is 15.4 Å². The van der Waals surface area contributed by atoms with Crippen LogP contribution in [-0.4, -0.2) is 32.8 Å². The zero-order valence-electron chi connectivity index (χ0n) is 19.7. The maximum Gasteiger partial charge on any atom is 0.251 e. The van der Waals surface area contributed by atoms with Gasteiger partial charge in [-0.3, -0.25) is 9.48 Å². The average Bonchev–Trinajstić information content (AvgIpc) is 3.34. The Kier molecular flexibility index (Phi) is 7.44. The van der Waals surface area contributed by atoms with E-state index in [0.717, 1.165) is 23.8 Å². The fourth-order valence-electron chi connectivity index (χ4n) is 3.43. The van der Waals surface area contributed by atoms with Crippen LogP contribution in [0, 0.1) is 11.6 Å². The van der Waals surface area contributed by atoms with Gasteiger partial charge in [-0.2, -0.15) is 5.10 Å². The molecule has 0 aliphatic rings. The van der Waals surface area contributed by atoms with Crippen molar-refractivity contribution >= 4 is 29.1 Å². The SMILES string of the molecule is COc1cc(C(=O)NCc2cc(F)cc(F)c2)ccc1Nc1ncc(Cl)c(-c2cnn(C(C)C)c2)n1. The van der Waals surface area contributed by atoms with Gasteiger partial charge < -0.3 is 15.4 Å². The lowest BCUT2D eigenvalue weighted by atomic mass is 10.1. The van der Waals surface area contributed by atoms with Crippen molar-refractivity contribution in [1.29, 1.82) is 0 Å². The zero-order chi connectivity index (χ0) is 25.8. The summed E-state index contributed by atoms with van der Waals surface area (Å²) in [4.78, 5) is 21.3. The van der Waals surface area contributed by atoms with Gasteiger partial charge in [0.1, 0.15) is 17.4 Å². The predicted molar refractivity (Wildman–Crippen MR) is 132 cm³/mol. The molecule has 8 nitrogen and oxygen atoms in total. The highest BCUT2D eigenvalue weighted by Crippen LogP contribution is 2.31. The van der Waals surface area contributed by atoms with Gasteiger partial charge in [0, 0.05) is 36.0 Å². The van der Waals surface area contributed by atoms with E-state index < -0.39 is 17.5 Å². The molecule has 0 saturated carbocycles. The van der Waals surface area contributed by atoms with Crippen molar-refractivity contribution in [2.75, 3.05) is 12.4 Å². The average molecular weight is 513 g/mol. The van der Waals surface area contributed by atoms with Crippen LogP contribution in [-0.2, 0) is 6.54 Å². The molecule has 1 amide bonds. The smallest absolute Gasteiger partial charge is 0.251 e. The summed E-state index contributed by atoms with van der Waals surface area (Å²) in [6.45, 7) is 4.00. The lowest BCUT2D eigenvalue weighted by molar-refractivity contribution is 0.0950. The highest BCUT2D eigenvalue weighted by Gasteiger charge is 2.15. The molecular weight excluding hydrogens is 490 g/mol. The molecule has 186 valence electrons. The topological polar surface area (TPSA) is 94.0 Å². The van der Waals surface area contributed by atoms with Crippen molar-refractivity contribution in [2.45, 2.75) is 26.4 Å². The van der Waals surface area contributed by atoms with E-state index in [4.69, 9.17) is 16.3 Å². The molecule has 2 aromatic heterocycles. The summed E-state index contributed by atoms with van der Waals surface area (Å²) in [6.07, 6.45) is 5.03. The number of methoxy groups -OCH3 is 1. The first-order valence-electron chi connectivity index (χ1n) is 11.0. The molecule has 0 spiro atoms. The Morgan fingerprint density at radius 2 is 1.89 bits per heavy atom. The summed E-state index contributed by atoms with van der Waals surface area (Å²) in [5, 5.41) is 10.4. The van der Waals surface area contributed by atoms with Gasteiger partial charge in [0.25, 0.3) is 5.91 Å². The lowest BCUT2D eigenvalue weighted by Gasteiger charge is -2.13. The van der Waals surface area contributed by atoms with Gasteiger partial charge in [0.05, 0.1) is 35.9 Å². The molecule has 0 aliphatic carbocycles. The first-order valence-corrected chi connectivity index (χ1v) is 11.4. The third-order valence-corrected chi connectivity index (χ3v) is 5.51. The Bertz CT molecular complexity index is 1390. The molecule has 11 heteroatoms. The van der Waals surface area contributed by atoms with Crippen LogP contribution in [0.2, 0.25) is 5.02 Å². The summed E-state index contributed by atoms with van der Waals surface area (Å²) in [6, 6.07) is 8.03.